The van der Waals surface area contributed by atoms with Crippen LogP contribution >= 0.6 is 24.0 Å². The maximum absolute atomic E-state index is 6.05. The van der Waals surface area contributed by atoms with Crippen molar-refractivity contribution in [1.29, 1.82) is 0 Å². The van der Waals surface area contributed by atoms with Crippen molar-refractivity contribution in [2.24, 2.45) is 4.99 Å². The van der Waals surface area contributed by atoms with Gasteiger partial charge in [-0.25, -0.2) is 4.99 Å². The maximum Gasteiger partial charge on any atom is 0.191 e. The van der Waals surface area contributed by atoms with E-state index in [-0.39, 0.29) is 24.0 Å². The highest BCUT2D eigenvalue weighted by molar-refractivity contribution is 14.0. The predicted molar refractivity (Wildman–Crippen MR) is 132 cm³/mol. The zero-order chi connectivity index (χ0) is 19.9. The molecule has 3 N–H and O–H groups in total. The van der Waals surface area contributed by atoms with Gasteiger partial charge in [-0.05, 0) is 37.5 Å². The van der Waals surface area contributed by atoms with Crippen LogP contribution in [0, 0.1) is 0 Å². The minimum absolute atomic E-state index is 0. The third-order valence-electron chi connectivity index (χ3n) is 4.90. The Labute approximate surface area is 193 Å². The first kappa shape index (κ1) is 26.0. The molecule has 2 rings (SSSR count). The van der Waals surface area contributed by atoms with E-state index in [4.69, 9.17) is 9.47 Å². The van der Waals surface area contributed by atoms with Gasteiger partial charge >= 0.3 is 0 Å². The predicted octanol–water partition coefficient (Wildman–Crippen LogP) is 4.16. The molecule has 0 heterocycles. The van der Waals surface area contributed by atoms with E-state index in [9.17, 15) is 0 Å². The zero-order valence-corrected chi connectivity index (χ0v) is 20.4. The van der Waals surface area contributed by atoms with Gasteiger partial charge in [0.2, 0.25) is 0 Å². The Morgan fingerprint density at radius 2 is 1.72 bits per heavy atom. The van der Waals surface area contributed by atoms with Gasteiger partial charge in [0.15, 0.2) is 5.96 Å². The molecule has 7 heteroatoms. The number of halogens is 1. The summed E-state index contributed by atoms with van der Waals surface area (Å²) in [7, 11) is 1.71. The second-order valence-electron chi connectivity index (χ2n) is 7.22. The number of hydrogen-bond donors (Lipinski definition) is 3. The molecule has 166 valence electrons. The van der Waals surface area contributed by atoms with Crippen LogP contribution in [0.2, 0.25) is 0 Å². The molecule has 0 aromatic heterocycles. The molecule has 0 amide bonds. The first-order valence-corrected chi connectivity index (χ1v) is 10.8. The SMILES string of the molecule is CCNC(=NCc1ccc(NCCOC)cc1)NCCOC1CCCCCC1.I. The van der Waals surface area contributed by atoms with Crippen molar-refractivity contribution in [2.75, 3.05) is 45.3 Å². The van der Waals surface area contributed by atoms with Crippen LogP contribution in [-0.2, 0) is 16.0 Å². The summed E-state index contributed by atoms with van der Waals surface area (Å²) in [4.78, 5) is 4.69. The van der Waals surface area contributed by atoms with E-state index in [1.807, 2.05) is 0 Å². The summed E-state index contributed by atoms with van der Waals surface area (Å²) in [6, 6.07) is 8.39. The average Bonchev–Trinajstić information content (AvgIpc) is 2.99. The molecule has 0 aliphatic heterocycles. The number of guanidine groups is 1. The molecule has 0 bridgehead atoms. The molecule has 6 nitrogen and oxygen atoms in total. The van der Waals surface area contributed by atoms with Gasteiger partial charge in [0.1, 0.15) is 0 Å². The van der Waals surface area contributed by atoms with E-state index in [0.29, 0.717) is 19.3 Å². The average molecular weight is 518 g/mol. The number of aliphatic imine (C=N–C) groups is 1. The van der Waals surface area contributed by atoms with Gasteiger partial charge in [-0.1, -0.05) is 37.8 Å². The minimum atomic E-state index is 0. The normalized spacial score (nSPS) is 15.3. The molecule has 1 aliphatic carbocycles. The summed E-state index contributed by atoms with van der Waals surface area (Å²) in [6.07, 6.45) is 8.21. The number of nitrogens with zero attached hydrogens (tertiary/aromatic N) is 1. The first-order chi connectivity index (χ1) is 13.8. The largest absolute Gasteiger partial charge is 0.383 e. The third-order valence-corrected chi connectivity index (χ3v) is 4.90. The quantitative estimate of drug-likeness (QED) is 0.135. The van der Waals surface area contributed by atoms with Crippen molar-refractivity contribution in [3.8, 4) is 0 Å². The van der Waals surface area contributed by atoms with Gasteiger partial charge in [-0.2, -0.15) is 0 Å². The smallest absolute Gasteiger partial charge is 0.191 e. The molecule has 29 heavy (non-hydrogen) atoms. The lowest BCUT2D eigenvalue weighted by Crippen LogP contribution is -2.39. The topological polar surface area (TPSA) is 66.9 Å². The molecular formula is C22H39IN4O2. The first-order valence-electron chi connectivity index (χ1n) is 10.8. The van der Waals surface area contributed by atoms with Crippen molar-refractivity contribution in [3.05, 3.63) is 29.8 Å². The second kappa shape index (κ2) is 16.7. The lowest BCUT2D eigenvalue weighted by atomic mass is 10.1. The van der Waals surface area contributed by atoms with Crippen LogP contribution in [0.3, 0.4) is 0 Å². The van der Waals surface area contributed by atoms with Gasteiger partial charge in [-0.3, -0.25) is 0 Å². The van der Waals surface area contributed by atoms with E-state index in [2.05, 4.69) is 52.1 Å². The van der Waals surface area contributed by atoms with Crippen LogP contribution in [0.15, 0.2) is 29.3 Å². The van der Waals surface area contributed by atoms with Crippen molar-refractivity contribution < 1.29 is 9.47 Å². The fraction of sp³-hybridized carbons (Fsp3) is 0.682. The van der Waals surface area contributed by atoms with Gasteiger partial charge in [-0.15, -0.1) is 24.0 Å². The van der Waals surface area contributed by atoms with Gasteiger partial charge in [0.05, 0.1) is 25.9 Å². The third kappa shape index (κ3) is 11.6. The lowest BCUT2D eigenvalue weighted by molar-refractivity contribution is 0.0468. The van der Waals surface area contributed by atoms with E-state index < -0.39 is 0 Å². The monoisotopic (exact) mass is 518 g/mol. The van der Waals surface area contributed by atoms with Gasteiger partial charge < -0.3 is 25.4 Å². The summed E-state index contributed by atoms with van der Waals surface area (Å²) in [5, 5.41) is 10.0. The number of methoxy groups -OCH3 is 1. The highest BCUT2D eigenvalue weighted by Gasteiger charge is 2.12. The number of ether oxygens (including phenoxy) is 2. The molecule has 1 aliphatic rings. The Hall–Kier alpha value is -1.06. The van der Waals surface area contributed by atoms with E-state index >= 15 is 0 Å². The molecule has 1 aromatic rings. The molecular weight excluding hydrogens is 479 g/mol. The van der Waals surface area contributed by atoms with Crippen LogP contribution < -0.4 is 16.0 Å². The van der Waals surface area contributed by atoms with Crippen LogP contribution in [0.5, 0.6) is 0 Å². The fourth-order valence-corrected chi connectivity index (χ4v) is 3.34. The van der Waals surface area contributed by atoms with Crippen molar-refractivity contribution in [1.82, 2.24) is 10.6 Å². The molecule has 1 aromatic carbocycles. The summed E-state index contributed by atoms with van der Waals surface area (Å²) in [5.74, 6) is 0.842. The molecule has 0 spiro atoms. The summed E-state index contributed by atoms with van der Waals surface area (Å²) in [6.45, 7) is 6.61. The summed E-state index contributed by atoms with van der Waals surface area (Å²) in [5.41, 5.74) is 2.29. The number of hydrogen-bond acceptors (Lipinski definition) is 4. The Bertz CT molecular complexity index is 546. The fourth-order valence-electron chi connectivity index (χ4n) is 3.34. The molecule has 0 atom stereocenters. The number of nitrogens with one attached hydrogen (secondary N) is 3. The second-order valence-corrected chi connectivity index (χ2v) is 7.22. The van der Waals surface area contributed by atoms with Gasteiger partial charge in [0.25, 0.3) is 0 Å². The Balaban J connectivity index is 0.00000420. The maximum atomic E-state index is 6.05. The van der Waals surface area contributed by atoms with Crippen LogP contribution in [0.1, 0.15) is 51.0 Å². The molecule has 0 radical (unpaired) electrons. The van der Waals surface area contributed by atoms with Crippen LogP contribution in [0.4, 0.5) is 5.69 Å². The minimum Gasteiger partial charge on any atom is -0.383 e. The highest BCUT2D eigenvalue weighted by Crippen LogP contribution is 2.19. The van der Waals surface area contributed by atoms with Crippen LogP contribution in [0.25, 0.3) is 0 Å². The lowest BCUT2D eigenvalue weighted by Gasteiger charge is -2.16. The Kier molecular flexibility index (Phi) is 15.0. The molecule has 0 saturated heterocycles. The van der Waals surface area contributed by atoms with Crippen molar-refractivity contribution >= 4 is 35.6 Å². The molecule has 1 saturated carbocycles. The van der Waals surface area contributed by atoms with Crippen LogP contribution in [-0.4, -0.2) is 52.0 Å². The Morgan fingerprint density at radius 3 is 2.38 bits per heavy atom. The standard InChI is InChI=1S/C22H38N4O2.HI/c1-3-23-22(25-15-17-28-21-8-6-4-5-7-9-21)26-18-19-10-12-20(13-11-19)24-14-16-27-2;/h10-13,21,24H,3-9,14-18H2,1-2H3,(H2,23,25,26);1H. The van der Waals surface area contributed by atoms with Crippen molar-refractivity contribution in [3.63, 3.8) is 0 Å². The zero-order valence-electron chi connectivity index (χ0n) is 18.0. The van der Waals surface area contributed by atoms with E-state index in [1.54, 1.807) is 7.11 Å². The number of anilines is 1. The van der Waals surface area contributed by atoms with Gasteiger partial charge in [0, 0.05) is 32.4 Å². The summed E-state index contributed by atoms with van der Waals surface area (Å²) < 4.78 is 11.1. The number of benzene rings is 1. The summed E-state index contributed by atoms with van der Waals surface area (Å²) >= 11 is 0. The van der Waals surface area contributed by atoms with E-state index in [1.165, 1.54) is 44.1 Å². The molecule has 0 unspecified atom stereocenters. The highest BCUT2D eigenvalue weighted by atomic mass is 127. The molecule has 1 fully saturated rings. The number of rotatable bonds is 11. The van der Waals surface area contributed by atoms with E-state index in [0.717, 1.165) is 37.9 Å². The van der Waals surface area contributed by atoms with Crippen molar-refractivity contribution in [2.45, 2.75) is 58.1 Å². The Morgan fingerprint density at radius 1 is 1.00 bits per heavy atom.